The summed E-state index contributed by atoms with van der Waals surface area (Å²) in [5.74, 6) is -0.677. The van der Waals surface area contributed by atoms with Crippen molar-refractivity contribution >= 4 is 62.5 Å². The fourth-order valence-corrected chi connectivity index (χ4v) is 5.02. The summed E-state index contributed by atoms with van der Waals surface area (Å²) >= 11 is 1.50. The van der Waals surface area contributed by atoms with Gasteiger partial charge in [0.15, 0.2) is 5.13 Å². The van der Waals surface area contributed by atoms with E-state index in [1.807, 2.05) is 32.8 Å². The number of thiazole rings is 1. The van der Waals surface area contributed by atoms with Gasteiger partial charge in [-0.2, -0.15) is 0 Å². The topological polar surface area (TPSA) is 73.8 Å². The summed E-state index contributed by atoms with van der Waals surface area (Å²) in [6.07, 6.45) is 0.410. The van der Waals surface area contributed by atoms with Crippen molar-refractivity contribution in [2.24, 2.45) is 0 Å². The molecule has 7 nitrogen and oxygen atoms in total. The van der Waals surface area contributed by atoms with Gasteiger partial charge in [-0.15, -0.1) is 12.4 Å². The van der Waals surface area contributed by atoms with Crippen LogP contribution in [0, 0.1) is 13.8 Å². The number of rotatable bonds is 6. The van der Waals surface area contributed by atoms with E-state index in [2.05, 4.69) is 12.1 Å². The summed E-state index contributed by atoms with van der Waals surface area (Å²) in [6.45, 7) is 5.21. The van der Waals surface area contributed by atoms with E-state index in [1.165, 1.54) is 16.2 Å². The Morgan fingerprint density at radius 2 is 1.76 bits per heavy atom. The number of benzene rings is 2. The summed E-state index contributed by atoms with van der Waals surface area (Å²) < 4.78 is 1.04. The zero-order chi connectivity index (χ0) is 23.0. The largest absolute Gasteiger partial charge is 0.308 e. The number of likely N-dealkylation sites (N-methyl/N-ethyl adjacent to an activating group) is 1. The maximum absolute atomic E-state index is 13.6. The Bertz CT molecular complexity index is 1210. The van der Waals surface area contributed by atoms with E-state index in [9.17, 15) is 14.4 Å². The average molecular weight is 487 g/mol. The van der Waals surface area contributed by atoms with Gasteiger partial charge in [0.1, 0.15) is 0 Å². The minimum Gasteiger partial charge on any atom is -0.308 e. The van der Waals surface area contributed by atoms with E-state index in [-0.39, 0.29) is 43.0 Å². The van der Waals surface area contributed by atoms with Crippen molar-refractivity contribution in [2.75, 3.05) is 37.0 Å². The fourth-order valence-electron chi connectivity index (χ4n) is 3.86. The Balaban J connectivity index is 0.00000306. The second kappa shape index (κ2) is 9.99. The van der Waals surface area contributed by atoms with Gasteiger partial charge in [-0.25, -0.2) is 4.98 Å². The Labute approximate surface area is 203 Å². The highest BCUT2D eigenvalue weighted by Gasteiger charge is 2.31. The van der Waals surface area contributed by atoms with E-state index < -0.39 is 0 Å². The molecule has 3 amide bonds. The molecule has 1 saturated heterocycles. The normalized spacial score (nSPS) is 13.7. The predicted molar refractivity (Wildman–Crippen MR) is 135 cm³/mol. The molecule has 1 fully saturated rings. The lowest BCUT2D eigenvalue weighted by atomic mass is 10.1. The van der Waals surface area contributed by atoms with Gasteiger partial charge in [-0.05, 0) is 63.3 Å². The first kappa shape index (κ1) is 24.8. The molecule has 3 aromatic rings. The highest BCUT2D eigenvalue weighted by molar-refractivity contribution is 7.22. The Hall–Kier alpha value is -2.81. The third-order valence-corrected chi connectivity index (χ3v) is 6.49. The fraction of sp³-hybridized carbons (Fsp3) is 0.333. The van der Waals surface area contributed by atoms with Gasteiger partial charge in [0, 0.05) is 31.5 Å². The number of hydrogen-bond donors (Lipinski definition) is 0. The summed E-state index contributed by atoms with van der Waals surface area (Å²) in [4.78, 5) is 47.6. The molecule has 0 atom stereocenters. The molecule has 0 unspecified atom stereocenters. The van der Waals surface area contributed by atoms with Gasteiger partial charge in [-0.1, -0.05) is 23.5 Å². The van der Waals surface area contributed by atoms with Crippen LogP contribution in [0.3, 0.4) is 0 Å². The second-order valence-electron chi connectivity index (χ2n) is 8.36. The zero-order valence-electron chi connectivity index (χ0n) is 19.1. The van der Waals surface area contributed by atoms with Crippen molar-refractivity contribution < 1.29 is 14.4 Å². The number of imide groups is 1. The van der Waals surface area contributed by atoms with Gasteiger partial charge in [-0.3, -0.25) is 24.2 Å². The molecule has 0 saturated carbocycles. The first-order valence-electron chi connectivity index (χ1n) is 10.5. The van der Waals surface area contributed by atoms with Crippen LogP contribution >= 0.6 is 23.7 Å². The number of anilines is 2. The van der Waals surface area contributed by atoms with E-state index in [1.54, 1.807) is 29.2 Å². The maximum Gasteiger partial charge on any atom is 0.260 e. The van der Waals surface area contributed by atoms with Gasteiger partial charge in [0.25, 0.3) is 5.91 Å². The molecule has 9 heteroatoms. The Kier molecular flexibility index (Phi) is 7.51. The van der Waals surface area contributed by atoms with Crippen LogP contribution in [0.1, 0.15) is 34.3 Å². The van der Waals surface area contributed by atoms with Crippen molar-refractivity contribution in [3.63, 3.8) is 0 Å². The SMILES string of the molecule is Cc1cc(C)c2nc(N(CCN(C)C)C(=O)c3cccc(N4C(=O)CCC4=O)c3)sc2c1.Cl. The summed E-state index contributed by atoms with van der Waals surface area (Å²) in [5.41, 5.74) is 3.99. The van der Waals surface area contributed by atoms with E-state index in [0.29, 0.717) is 29.5 Å². The Morgan fingerprint density at radius 1 is 1.06 bits per heavy atom. The number of aromatic nitrogens is 1. The highest BCUT2D eigenvalue weighted by atomic mass is 35.5. The molecule has 0 spiro atoms. The number of aryl methyl sites for hydroxylation is 2. The van der Waals surface area contributed by atoms with Crippen LogP contribution in [0.15, 0.2) is 36.4 Å². The molecule has 174 valence electrons. The molecule has 0 N–H and O–H groups in total. The smallest absolute Gasteiger partial charge is 0.260 e. The number of hydrogen-bond acceptors (Lipinski definition) is 6. The molecule has 0 bridgehead atoms. The number of nitrogens with zero attached hydrogens (tertiary/aromatic N) is 4. The van der Waals surface area contributed by atoms with E-state index in [0.717, 1.165) is 21.3 Å². The minimum atomic E-state index is -0.235. The first-order chi connectivity index (χ1) is 15.2. The molecule has 1 aliphatic heterocycles. The summed E-state index contributed by atoms with van der Waals surface area (Å²) in [6, 6.07) is 10.9. The number of carbonyl (C=O) groups is 3. The van der Waals surface area contributed by atoms with E-state index in [4.69, 9.17) is 4.98 Å². The van der Waals surface area contributed by atoms with Crippen LogP contribution in [0.25, 0.3) is 10.2 Å². The molecule has 0 aliphatic carbocycles. The predicted octanol–water partition coefficient (Wildman–Crippen LogP) is 4.20. The molecule has 2 heterocycles. The van der Waals surface area contributed by atoms with Gasteiger partial charge in [0.05, 0.1) is 15.9 Å². The molecular formula is C24H27ClN4O3S. The van der Waals surface area contributed by atoms with Crippen molar-refractivity contribution in [3.8, 4) is 0 Å². The molecule has 33 heavy (non-hydrogen) atoms. The van der Waals surface area contributed by atoms with Gasteiger partial charge < -0.3 is 4.90 Å². The average Bonchev–Trinajstić information content (AvgIpc) is 3.31. The van der Waals surface area contributed by atoms with Crippen molar-refractivity contribution in [3.05, 3.63) is 53.1 Å². The van der Waals surface area contributed by atoms with Crippen LogP contribution in [0.2, 0.25) is 0 Å². The van der Waals surface area contributed by atoms with Crippen LogP contribution in [0.5, 0.6) is 0 Å². The van der Waals surface area contributed by atoms with Crippen molar-refractivity contribution in [1.82, 2.24) is 9.88 Å². The lowest BCUT2D eigenvalue weighted by Crippen LogP contribution is -2.37. The van der Waals surface area contributed by atoms with Gasteiger partial charge >= 0.3 is 0 Å². The van der Waals surface area contributed by atoms with Crippen LogP contribution in [0.4, 0.5) is 10.8 Å². The monoisotopic (exact) mass is 486 g/mol. The van der Waals surface area contributed by atoms with Crippen LogP contribution in [-0.2, 0) is 9.59 Å². The number of amides is 3. The standard InChI is InChI=1S/C24H26N4O3S.ClH/c1-15-12-16(2)22-19(13-15)32-24(25-22)27(11-10-26(3)4)23(31)17-6-5-7-18(14-17)28-20(29)8-9-21(28)30;/h5-7,12-14H,8-11H2,1-4H3;1H. The molecule has 4 rings (SSSR count). The lowest BCUT2D eigenvalue weighted by molar-refractivity contribution is -0.121. The van der Waals surface area contributed by atoms with Crippen LogP contribution < -0.4 is 9.80 Å². The second-order valence-corrected chi connectivity index (χ2v) is 9.37. The summed E-state index contributed by atoms with van der Waals surface area (Å²) in [7, 11) is 3.92. The molecular weight excluding hydrogens is 460 g/mol. The molecule has 1 aliphatic rings. The first-order valence-corrected chi connectivity index (χ1v) is 11.4. The highest BCUT2D eigenvalue weighted by Crippen LogP contribution is 2.33. The quantitative estimate of drug-likeness (QED) is 0.488. The Morgan fingerprint density at radius 3 is 2.42 bits per heavy atom. The molecule has 2 aromatic carbocycles. The summed E-state index contributed by atoms with van der Waals surface area (Å²) in [5, 5.41) is 0.638. The minimum absolute atomic E-state index is 0. The third kappa shape index (κ3) is 5.08. The number of halogens is 1. The zero-order valence-corrected chi connectivity index (χ0v) is 20.8. The molecule has 0 radical (unpaired) electrons. The number of carbonyl (C=O) groups excluding carboxylic acids is 3. The lowest BCUT2D eigenvalue weighted by Gasteiger charge is -2.23. The molecule has 1 aromatic heterocycles. The van der Waals surface area contributed by atoms with Crippen molar-refractivity contribution in [1.29, 1.82) is 0 Å². The van der Waals surface area contributed by atoms with Crippen LogP contribution in [-0.4, -0.2) is 54.8 Å². The third-order valence-electron chi connectivity index (χ3n) is 5.47. The maximum atomic E-state index is 13.6. The van der Waals surface area contributed by atoms with Gasteiger partial charge in [0.2, 0.25) is 11.8 Å². The van der Waals surface area contributed by atoms with Crippen molar-refractivity contribution in [2.45, 2.75) is 26.7 Å². The van der Waals surface area contributed by atoms with E-state index >= 15 is 0 Å². The number of fused-ring (bicyclic) bond motifs is 1.